The first-order chi connectivity index (χ1) is 6.43. The van der Waals surface area contributed by atoms with E-state index in [9.17, 15) is 20.2 Å². The molecule has 0 fully saturated rings. The third kappa shape index (κ3) is 2.67. The second kappa shape index (κ2) is 4.76. The van der Waals surface area contributed by atoms with Crippen LogP contribution < -0.4 is 5.73 Å². The molecule has 9 heteroatoms. The van der Waals surface area contributed by atoms with Gasteiger partial charge in [-0.15, -0.1) is 12.4 Å². The minimum Gasteiger partial charge on any atom is -0.392 e. The van der Waals surface area contributed by atoms with E-state index in [4.69, 9.17) is 17.3 Å². The Morgan fingerprint density at radius 2 is 1.73 bits per heavy atom. The molecule has 0 aliphatic heterocycles. The van der Waals surface area contributed by atoms with Crippen LogP contribution in [0.3, 0.4) is 0 Å². The van der Waals surface area contributed by atoms with Crippen molar-refractivity contribution in [2.24, 2.45) is 0 Å². The van der Waals surface area contributed by atoms with Crippen molar-refractivity contribution >= 4 is 41.1 Å². The van der Waals surface area contributed by atoms with Crippen molar-refractivity contribution in [3.63, 3.8) is 0 Å². The number of nitrogen functional groups attached to an aromatic ring is 1. The molecule has 0 bridgehead atoms. The maximum absolute atomic E-state index is 10.4. The highest BCUT2D eigenvalue weighted by Crippen LogP contribution is 2.33. The molecule has 1 rings (SSSR count). The number of rotatable bonds is 2. The Morgan fingerprint density at radius 1 is 1.20 bits per heavy atom. The normalized spacial score (nSPS) is 9.13. The standard InChI is InChI=1S/C6H4ClN3O4.ClH/c7-4-1-3(9(11)12)2-5(6(4)8)10(13)14;/h1-2H,8H2;1H. The summed E-state index contributed by atoms with van der Waals surface area (Å²) in [4.78, 5) is 19.1. The maximum Gasteiger partial charge on any atom is 0.300 e. The van der Waals surface area contributed by atoms with Gasteiger partial charge in [0.15, 0.2) is 0 Å². The molecular formula is C6H5Cl2N3O4. The first-order valence-electron chi connectivity index (χ1n) is 3.31. The van der Waals surface area contributed by atoms with Crippen LogP contribution in [-0.4, -0.2) is 9.85 Å². The van der Waals surface area contributed by atoms with Gasteiger partial charge in [0, 0.05) is 6.07 Å². The summed E-state index contributed by atoms with van der Waals surface area (Å²) in [5.41, 5.74) is 3.95. The first kappa shape index (κ1) is 13.4. The lowest BCUT2D eigenvalue weighted by molar-refractivity contribution is -0.393. The van der Waals surface area contributed by atoms with Crippen molar-refractivity contribution < 1.29 is 9.85 Å². The van der Waals surface area contributed by atoms with E-state index in [0.717, 1.165) is 12.1 Å². The minimum absolute atomic E-state index is 0. The Labute approximate surface area is 94.5 Å². The van der Waals surface area contributed by atoms with Crippen molar-refractivity contribution in [3.05, 3.63) is 37.4 Å². The summed E-state index contributed by atoms with van der Waals surface area (Å²) in [6, 6.07) is 1.73. The van der Waals surface area contributed by atoms with Gasteiger partial charge in [-0.25, -0.2) is 0 Å². The molecule has 0 saturated heterocycles. The maximum atomic E-state index is 10.4. The van der Waals surface area contributed by atoms with Gasteiger partial charge in [0.05, 0.1) is 20.9 Å². The molecule has 0 unspecified atom stereocenters. The molecule has 0 amide bonds. The van der Waals surface area contributed by atoms with Gasteiger partial charge in [0.2, 0.25) is 0 Å². The van der Waals surface area contributed by atoms with Crippen molar-refractivity contribution in [2.75, 3.05) is 5.73 Å². The molecule has 0 aliphatic rings. The third-order valence-corrected chi connectivity index (χ3v) is 1.81. The summed E-state index contributed by atoms with van der Waals surface area (Å²) in [6.07, 6.45) is 0. The largest absolute Gasteiger partial charge is 0.392 e. The van der Waals surface area contributed by atoms with Crippen LogP contribution in [0.25, 0.3) is 0 Å². The topological polar surface area (TPSA) is 112 Å². The van der Waals surface area contributed by atoms with Crippen LogP contribution in [0.15, 0.2) is 12.1 Å². The smallest absolute Gasteiger partial charge is 0.300 e. The number of hydrogen-bond acceptors (Lipinski definition) is 5. The van der Waals surface area contributed by atoms with E-state index in [1.54, 1.807) is 0 Å². The number of benzene rings is 1. The zero-order chi connectivity index (χ0) is 10.9. The van der Waals surface area contributed by atoms with E-state index in [1.807, 2.05) is 0 Å². The highest BCUT2D eigenvalue weighted by atomic mass is 35.5. The fraction of sp³-hybridized carbons (Fsp3) is 0. The Morgan fingerprint density at radius 3 is 2.13 bits per heavy atom. The molecular weight excluding hydrogens is 249 g/mol. The quantitative estimate of drug-likeness (QED) is 0.493. The molecule has 82 valence electrons. The number of nitrogens with zero attached hydrogens (tertiary/aromatic N) is 2. The van der Waals surface area contributed by atoms with E-state index in [-0.39, 0.29) is 23.1 Å². The van der Waals surface area contributed by atoms with Crippen molar-refractivity contribution in [2.45, 2.75) is 0 Å². The van der Waals surface area contributed by atoms with Crippen molar-refractivity contribution in [3.8, 4) is 0 Å². The molecule has 0 heterocycles. The molecule has 0 radical (unpaired) electrons. The van der Waals surface area contributed by atoms with Crippen LogP contribution in [0.2, 0.25) is 5.02 Å². The zero-order valence-electron chi connectivity index (χ0n) is 7.05. The lowest BCUT2D eigenvalue weighted by atomic mass is 10.2. The van der Waals surface area contributed by atoms with Gasteiger partial charge in [0.25, 0.3) is 5.69 Å². The molecule has 1 aromatic carbocycles. The number of non-ortho nitro benzene ring substituents is 1. The third-order valence-electron chi connectivity index (χ3n) is 1.50. The Bertz CT molecular complexity index is 423. The van der Waals surface area contributed by atoms with Crippen LogP contribution in [0.1, 0.15) is 0 Å². The predicted molar refractivity (Wildman–Crippen MR) is 56.4 cm³/mol. The number of nitro groups is 2. The van der Waals surface area contributed by atoms with Crippen LogP contribution in [-0.2, 0) is 0 Å². The lowest BCUT2D eigenvalue weighted by Crippen LogP contribution is -1.98. The number of hydrogen-bond donors (Lipinski definition) is 1. The number of nitrogens with two attached hydrogens (primary N) is 1. The summed E-state index contributed by atoms with van der Waals surface area (Å²) in [5.74, 6) is 0. The van der Waals surface area contributed by atoms with Crippen molar-refractivity contribution in [1.29, 1.82) is 0 Å². The molecule has 2 N–H and O–H groups in total. The first-order valence-corrected chi connectivity index (χ1v) is 3.69. The number of halogens is 2. The van der Waals surface area contributed by atoms with Gasteiger partial charge < -0.3 is 5.73 Å². The minimum atomic E-state index is -0.825. The molecule has 0 spiro atoms. The monoisotopic (exact) mass is 253 g/mol. The fourth-order valence-corrected chi connectivity index (χ4v) is 1.05. The van der Waals surface area contributed by atoms with Crippen LogP contribution in [0, 0.1) is 20.2 Å². The highest BCUT2D eigenvalue weighted by molar-refractivity contribution is 6.33. The lowest BCUT2D eigenvalue weighted by Gasteiger charge is -1.99. The Hall–Kier alpha value is -1.60. The highest BCUT2D eigenvalue weighted by Gasteiger charge is 2.20. The van der Waals surface area contributed by atoms with Crippen LogP contribution in [0.5, 0.6) is 0 Å². The van der Waals surface area contributed by atoms with Gasteiger partial charge in [-0.1, -0.05) is 11.6 Å². The Kier molecular flexibility index (Phi) is 4.25. The molecule has 15 heavy (non-hydrogen) atoms. The van der Waals surface area contributed by atoms with E-state index in [0.29, 0.717) is 0 Å². The van der Waals surface area contributed by atoms with Gasteiger partial charge in [-0.05, 0) is 0 Å². The summed E-state index contributed by atoms with van der Waals surface area (Å²) in [5, 5.41) is 20.5. The molecule has 0 saturated carbocycles. The molecule has 7 nitrogen and oxygen atoms in total. The second-order valence-electron chi connectivity index (χ2n) is 2.37. The van der Waals surface area contributed by atoms with Crippen LogP contribution in [0.4, 0.5) is 17.1 Å². The summed E-state index contributed by atoms with van der Waals surface area (Å²) in [6.45, 7) is 0. The van der Waals surface area contributed by atoms with Gasteiger partial charge in [-0.3, -0.25) is 20.2 Å². The van der Waals surface area contributed by atoms with Crippen molar-refractivity contribution in [1.82, 2.24) is 0 Å². The molecule has 0 aromatic heterocycles. The molecule has 0 atom stereocenters. The summed E-state index contributed by atoms with van der Waals surface area (Å²) >= 11 is 5.47. The van der Waals surface area contributed by atoms with Gasteiger partial charge in [0.1, 0.15) is 5.69 Å². The summed E-state index contributed by atoms with van der Waals surface area (Å²) in [7, 11) is 0. The SMILES string of the molecule is Cl.Nc1c(Cl)cc([N+](=O)[O-])cc1[N+](=O)[O-]. The fourth-order valence-electron chi connectivity index (χ4n) is 0.846. The van der Waals surface area contributed by atoms with E-state index in [2.05, 4.69) is 0 Å². The second-order valence-corrected chi connectivity index (χ2v) is 2.78. The molecule has 0 aliphatic carbocycles. The van der Waals surface area contributed by atoms with Gasteiger partial charge >= 0.3 is 5.69 Å². The Balaban J connectivity index is 0.00000196. The van der Waals surface area contributed by atoms with Crippen LogP contribution >= 0.6 is 24.0 Å². The average Bonchev–Trinajstić information content (AvgIpc) is 2.08. The predicted octanol–water partition coefficient (Wildman–Crippen LogP) is 2.16. The van der Waals surface area contributed by atoms with E-state index in [1.165, 1.54) is 0 Å². The number of anilines is 1. The number of nitro benzene ring substituents is 2. The average molecular weight is 254 g/mol. The van der Waals surface area contributed by atoms with Gasteiger partial charge in [-0.2, -0.15) is 0 Å². The molecule has 1 aromatic rings. The van der Waals surface area contributed by atoms with E-state index < -0.39 is 21.2 Å². The van der Waals surface area contributed by atoms with E-state index >= 15 is 0 Å². The summed E-state index contributed by atoms with van der Waals surface area (Å²) < 4.78 is 0. The zero-order valence-corrected chi connectivity index (χ0v) is 8.62.